The molecule has 0 saturated carbocycles. The van der Waals surface area contributed by atoms with Crippen LogP contribution in [0, 0.1) is 5.92 Å². The highest BCUT2D eigenvalue weighted by molar-refractivity contribution is 7.80. The van der Waals surface area contributed by atoms with Gasteiger partial charge in [0, 0.05) is 18.1 Å². The first-order valence-corrected chi connectivity index (χ1v) is 7.87. The van der Waals surface area contributed by atoms with Crippen LogP contribution in [0.25, 0.3) is 0 Å². The predicted molar refractivity (Wildman–Crippen MR) is 88.2 cm³/mol. The van der Waals surface area contributed by atoms with Gasteiger partial charge in [0.25, 0.3) is 0 Å². The average Bonchev–Trinajstić information content (AvgIpc) is 2.60. The number of nitrogens with one attached hydrogen (secondary N) is 1. The summed E-state index contributed by atoms with van der Waals surface area (Å²) in [5.41, 5.74) is 2.82. The number of thiocarbonyl (C=S) groups is 1. The molecule has 1 aliphatic carbocycles. The number of fused-ring (bicyclic) bond motifs is 5. The van der Waals surface area contributed by atoms with Crippen LogP contribution in [-0.2, 0) is 0 Å². The van der Waals surface area contributed by atoms with E-state index >= 15 is 0 Å². The number of hydrogen-bond acceptors (Lipinski definition) is 1. The monoisotopic (exact) mass is 306 g/mol. The summed E-state index contributed by atoms with van der Waals surface area (Å²) in [4.78, 5) is 2.33. The van der Waals surface area contributed by atoms with Crippen LogP contribution in [0.4, 0.5) is 0 Å². The van der Waals surface area contributed by atoms with E-state index in [1.165, 1.54) is 11.1 Å². The molecular weight excluding hydrogens is 288 g/mol. The summed E-state index contributed by atoms with van der Waals surface area (Å²) in [7, 11) is 0. The van der Waals surface area contributed by atoms with Crippen LogP contribution >= 0.6 is 23.8 Å². The molecule has 1 fully saturated rings. The first kappa shape index (κ1) is 13.9. The molecule has 1 heterocycles. The molecule has 0 spiro atoms. The SMILES string of the molecule is C=CCNC(=S)N1CCC2c3cc(Cl)ccc3C1[C@H]2C. The summed E-state index contributed by atoms with van der Waals surface area (Å²) >= 11 is 11.7. The van der Waals surface area contributed by atoms with Crippen molar-refractivity contribution >= 4 is 28.9 Å². The quantitative estimate of drug-likeness (QED) is 0.659. The number of benzene rings is 1. The van der Waals surface area contributed by atoms with Gasteiger partial charge in [0.2, 0.25) is 0 Å². The smallest absolute Gasteiger partial charge is 0.169 e. The zero-order chi connectivity index (χ0) is 14.3. The van der Waals surface area contributed by atoms with Gasteiger partial charge in [-0.15, -0.1) is 6.58 Å². The van der Waals surface area contributed by atoms with Crippen LogP contribution in [0.2, 0.25) is 5.02 Å². The lowest BCUT2D eigenvalue weighted by Crippen LogP contribution is -2.46. The van der Waals surface area contributed by atoms with E-state index in [9.17, 15) is 0 Å². The second kappa shape index (κ2) is 5.38. The number of rotatable bonds is 2. The molecule has 106 valence electrons. The second-order valence-corrected chi connectivity index (χ2v) is 6.46. The highest BCUT2D eigenvalue weighted by Crippen LogP contribution is 2.53. The average molecular weight is 307 g/mol. The standard InChI is InChI=1S/C16H19ClN2S/c1-3-7-18-16(20)19-8-6-12-10(2)15(19)13-5-4-11(17)9-14(12)13/h3-5,9-10,12,15H,1,6-8H2,2H3,(H,18,20)/t10-,12?,15?/m0/s1. The summed E-state index contributed by atoms with van der Waals surface area (Å²) < 4.78 is 0. The summed E-state index contributed by atoms with van der Waals surface area (Å²) in [6, 6.07) is 6.69. The Morgan fingerprint density at radius 2 is 2.35 bits per heavy atom. The maximum atomic E-state index is 6.17. The molecule has 1 aromatic carbocycles. The van der Waals surface area contributed by atoms with Gasteiger partial charge < -0.3 is 10.2 Å². The first-order valence-electron chi connectivity index (χ1n) is 7.08. The van der Waals surface area contributed by atoms with Crippen LogP contribution in [0.15, 0.2) is 30.9 Å². The Bertz CT molecular complexity index is 557. The second-order valence-electron chi connectivity index (χ2n) is 5.64. The fourth-order valence-corrected chi connectivity index (χ4v) is 4.17. The highest BCUT2D eigenvalue weighted by Gasteiger charge is 2.45. The van der Waals surface area contributed by atoms with Gasteiger partial charge in [-0.1, -0.05) is 30.7 Å². The van der Waals surface area contributed by atoms with Crippen molar-refractivity contribution in [2.24, 2.45) is 5.92 Å². The zero-order valence-electron chi connectivity index (χ0n) is 11.6. The van der Waals surface area contributed by atoms with Crippen LogP contribution < -0.4 is 5.32 Å². The van der Waals surface area contributed by atoms with Crippen LogP contribution in [0.3, 0.4) is 0 Å². The summed E-state index contributed by atoms with van der Waals surface area (Å²) in [6.45, 7) is 7.78. The Labute approximate surface area is 130 Å². The largest absolute Gasteiger partial charge is 0.359 e. The Morgan fingerprint density at radius 3 is 3.10 bits per heavy atom. The van der Waals surface area contributed by atoms with Crippen molar-refractivity contribution in [3.8, 4) is 0 Å². The van der Waals surface area contributed by atoms with E-state index in [4.69, 9.17) is 23.8 Å². The number of likely N-dealkylation sites (tertiary alicyclic amines) is 1. The van der Waals surface area contributed by atoms with E-state index in [2.05, 4.69) is 35.9 Å². The maximum absolute atomic E-state index is 6.17. The van der Waals surface area contributed by atoms with Crippen molar-refractivity contribution in [3.63, 3.8) is 0 Å². The lowest BCUT2D eigenvalue weighted by molar-refractivity contribution is 0.178. The van der Waals surface area contributed by atoms with Crippen molar-refractivity contribution in [2.75, 3.05) is 13.1 Å². The van der Waals surface area contributed by atoms with Crippen molar-refractivity contribution in [3.05, 3.63) is 47.0 Å². The molecule has 1 aliphatic heterocycles. The fraction of sp³-hybridized carbons (Fsp3) is 0.438. The number of nitrogens with zero attached hydrogens (tertiary/aromatic N) is 1. The Balaban J connectivity index is 1.93. The molecule has 0 aromatic heterocycles. The fourth-order valence-electron chi connectivity index (χ4n) is 3.70. The molecule has 20 heavy (non-hydrogen) atoms. The predicted octanol–water partition coefficient (Wildman–Crippen LogP) is 3.88. The Kier molecular flexibility index (Phi) is 3.74. The Hall–Kier alpha value is -1.06. The third kappa shape index (κ3) is 2.13. The molecule has 3 rings (SSSR count). The van der Waals surface area contributed by atoms with Gasteiger partial charge in [-0.3, -0.25) is 0 Å². The number of halogens is 1. The van der Waals surface area contributed by atoms with Gasteiger partial charge in [-0.2, -0.15) is 0 Å². The van der Waals surface area contributed by atoms with Gasteiger partial charge in [0.15, 0.2) is 5.11 Å². The van der Waals surface area contributed by atoms with Crippen molar-refractivity contribution in [1.29, 1.82) is 0 Å². The Morgan fingerprint density at radius 1 is 1.55 bits per heavy atom. The van der Waals surface area contributed by atoms with Crippen LogP contribution in [0.1, 0.15) is 36.4 Å². The molecule has 2 bridgehead atoms. The molecule has 2 nitrogen and oxygen atoms in total. The first-order chi connectivity index (χ1) is 9.63. The van der Waals surface area contributed by atoms with Gasteiger partial charge in [0.05, 0.1) is 6.04 Å². The minimum Gasteiger partial charge on any atom is -0.359 e. The molecular formula is C16H19ClN2S. The number of hydrogen-bond donors (Lipinski definition) is 1. The molecule has 2 aliphatic rings. The third-order valence-electron chi connectivity index (χ3n) is 4.57. The maximum Gasteiger partial charge on any atom is 0.169 e. The summed E-state index contributed by atoms with van der Waals surface area (Å²) in [6.07, 6.45) is 2.98. The molecule has 0 radical (unpaired) electrons. The molecule has 1 aromatic rings. The van der Waals surface area contributed by atoms with Crippen molar-refractivity contribution in [1.82, 2.24) is 10.2 Å². The molecule has 3 atom stereocenters. The third-order valence-corrected chi connectivity index (χ3v) is 5.19. The molecule has 2 unspecified atom stereocenters. The van der Waals surface area contributed by atoms with Crippen molar-refractivity contribution < 1.29 is 0 Å². The van der Waals surface area contributed by atoms with E-state index in [0.29, 0.717) is 24.4 Å². The molecule has 1 saturated heterocycles. The lowest BCUT2D eigenvalue weighted by atomic mass is 9.86. The van der Waals surface area contributed by atoms with Crippen LogP contribution in [-0.4, -0.2) is 23.1 Å². The van der Waals surface area contributed by atoms with Gasteiger partial charge in [0.1, 0.15) is 0 Å². The van der Waals surface area contributed by atoms with Gasteiger partial charge in [-0.25, -0.2) is 0 Å². The van der Waals surface area contributed by atoms with E-state index in [1.54, 1.807) is 0 Å². The summed E-state index contributed by atoms with van der Waals surface area (Å²) in [5.74, 6) is 1.20. The lowest BCUT2D eigenvalue weighted by Gasteiger charge is -2.40. The summed E-state index contributed by atoms with van der Waals surface area (Å²) in [5, 5.41) is 4.93. The van der Waals surface area contributed by atoms with E-state index in [0.717, 1.165) is 23.1 Å². The van der Waals surface area contributed by atoms with Gasteiger partial charge >= 0.3 is 0 Å². The normalized spacial score (nSPS) is 27.1. The van der Waals surface area contributed by atoms with Crippen molar-refractivity contribution in [2.45, 2.75) is 25.3 Å². The topological polar surface area (TPSA) is 15.3 Å². The highest BCUT2D eigenvalue weighted by atomic mass is 35.5. The zero-order valence-corrected chi connectivity index (χ0v) is 13.2. The minimum atomic E-state index is 0.380. The van der Waals surface area contributed by atoms with Crippen LogP contribution in [0.5, 0.6) is 0 Å². The molecule has 1 N–H and O–H groups in total. The van der Waals surface area contributed by atoms with E-state index in [1.807, 2.05) is 12.1 Å². The molecule has 4 heteroatoms. The minimum absolute atomic E-state index is 0.380. The van der Waals surface area contributed by atoms with E-state index < -0.39 is 0 Å². The molecule has 0 amide bonds. The van der Waals surface area contributed by atoms with E-state index in [-0.39, 0.29) is 0 Å². The van der Waals surface area contributed by atoms with Gasteiger partial charge in [-0.05, 0) is 53.7 Å². The number of piperidine rings is 1.